The van der Waals surface area contributed by atoms with Gasteiger partial charge in [-0.25, -0.2) is 0 Å². The number of thioether (sulfide) groups is 1. The molecule has 0 aromatic rings. The summed E-state index contributed by atoms with van der Waals surface area (Å²) in [5.74, 6) is 1.23. The number of hydrogen-bond acceptors (Lipinski definition) is 3. The van der Waals surface area contributed by atoms with Crippen molar-refractivity contribution < 1.29 is 0 Å². The van der Waals surface area contributed by atoms with Crippen molar-refractivity contribution in [3.63, 3.8) is 0 Å². The Kier molecular flexibility index (Phi) is 2.09. The van der Waals surface area contributed by atoms with Gasteiger partial charge in [0.15, 0.2) is 0 Å². The molecule has 2 aliphatic heterocycles. The first kappa shape index (κ1) is 7.75. The van der Waals surface area contributed by atoms with Crippen LogP contribution in [-0.2, 0) is 0 Å². The average Bonchev–Trinajstić information content (AvgIpc) is 2.17. The second-order valence-corrected chi connectivity index (χ2v) is 3.94. The van der Waals surface area contributed by atoms with Crippen molar-refractivity contribution in [2.45, 2.75) is 6.42 Å². The third-order valence-electron chi connectivity index (χ3n) is 2.18. The maximum absolute atomic E-state index is 8.74. The van der Waals surface area contributed by atoms with Crippen LogP contribution in [0.1, 0.15) is 6.42 Å². The minimum Gasteiger partial charge on any atom is -0.384 e. The van der Waals surface area contributed by atoms with Gasteiger partial charge in [0.25, 0.3) is 0 Å². The molecule has 0 spiro atoms. The van der Waals surface area contributed by atoms with E-state index >= 15 is 0 Å². The van der Waals surface area contributed by atoms with E-state index in [1.165, 1.54) is 11.3 Å². The first-order valence-electron chi connectivity index (χ1n) is 4.04. The van der Waals surface area contributed by atoms with E-state index in [2.05, 4.69) is 22.9 Å². The molecular formula is C9H10N2S. The zero-order valence-electron chi connectivity index (χ0n) is 6.71. The van der Waals surface area contributed by atoms with E-state index in [9.17, 15) is 0 Å². The molecule has 2 nitrogen and oxygen atoms in total. The van der Waals surface area contributed by atoms with Gasteiger partial charge in [0.1, 0.15) is 0 Å². The number of nitriles is 1. The molecule has 0 saturated carbocycles. The van der Waals surface area contributed by atoms with Gasteiger partial charge in [0.05, 0.1) is 12.0 Å². The minimum atomic E-state index is 0.177. The Hall–Kier alpha value is -0.880. The lowest BCUT2D eigenvalue weighted by atomic mass is 9.96. The fourth-order valence-corrected chi connectivity index (χ4v) is 2.31. The van der Waals surface area contributed by atoms with Crippen molar-refractivity contribution in [3.8, 4) is 6.07 Å². The minimum absolute atomic E-state index is 0.177. The molecule has 1 N–H and O–H groups in total. The molecule has 1 atom stereocenters. The van der Waals surface area contributed by atoms with Gasteiger partial charge >= 0.3 is 0 Å². The van der Waals surface area contributed by atoms with Gasteiger partial charge in [-0.2, -0.15) is 5.26 Å². The summed E-state index contributed by atoms with van der Waals surface area (Å²) < 4.78 is 0. The van der Waals surface area contributed by atoms with Crippen LogP contribution in [0.4, 0.5) is 0 Å². The Bertz CT molecular complexity index is 285. The molecule has 2 rings (SSSR count). The summed E-state index contributed by atoms with van der Waals surface area (Å²) in [6.45, 7) is 0.810. The largest absolute Gasteiger partial charge is 0.384 e. The monoisotopic (exact) mass is 178 g/mol. The SMILES string of the molecule is N#CC1CNC2=C(CSC=C2)C1. The van der Waals surface area contributed by atoms with Crippen molar-refractivity contribution in [3.05, 3.63) is 22.8 Å². The lowest BCUT2D eigenvalue weighted by molar-refractivity contribution is 0.569. The molecule has 0 bridgehead atoms. The molecule has 0 radical (unpaired) electrons. The van der Waals surface area contributed by atoms with E-state index in [-0.39, 0.29) is 5.92 Å². The second kappa shape index (κ2) is 3.24. The van der Waals surface area contributed by atoms with Gasteiger partial charge in [0.2, 0.25) is 0 Å². The van der Waals surface area contributed by atoms with Gasteiger partial charge in [-0.05, 0) is 23.5 Å². The standard InChI is InChI=1S/C9H10N2S/c10-4-7-3-8-6-12-2-1-9(8)11-5-7/h1-2,7,11H,3,5-6H2. The van der Waals surface area contributed by atoms with Crippen LogP contribution in [0.3, 0.4) is 0 Å². The second-order valence-electron chi connectivity index (χ2n) is 3.04. The number of nitrogens with zero attached hydrogens (tertiary/aromatic N) is 1. The van der Waals surface area contributed by atoms with Crippen LogP contribution in [0.5, 0.6) is 0 Å². The van der Waals surface area contributed by atoms with Crippen molar-refractivity contribution in [2.24, 2.45) is 5.92 Å². The smallest absolute Gasteiger partial charge is 0.0677 e. The highest BCUT2D eigenvalue weighted by molar-refractivity contribution is 8.02. The van der Waals surface area contributed by atoms with Gasteiger partial charge in [-0.1, -0.05) is 0 Å². The molecule has 1 unspecified atom stereocenters. The van der Waals surface area contributed by atoms with Crippen molar-refractivity contribution >= 4 is 11.8 Å². The van der Waals surface area contributed by atoms with E-state index in [1.807, 2.05) is 0 Å². The molecule has 0 aromatic carbocycles. The zero-order chi connectivity index (χ0) is 8.39. The fourth-order valence-electron chi connectivity index (χ4n) is 1.51. The first-order chi connectivity index (χ1) is 5.90. The Morgan fingerprint density at radius 2 is 2.58 bits per heavy atom. The summed E-state index contributed by atoms with van der Waals surface area (Å²) in [6, 6.07) is 2.31. The topological polar surface area (TPSA) is 35.8 Å². The number of hydrogen-bond donors (Lipinski definition) is 1. The number of nitrogens with one attached hydrogen (secondary N) is 1. The third-order valence-corrected chi connectivity index (χ3v) is 3.03. The summed E-state index contributed by atoms with van der Waals surface area (Å²) in [4.78, 5) is 0. The highest BCUT2D eigenvalue weighted by atomic mass is 32.2. The normalized spacial score (nSPS) is 27.4. The van der Waals surface area contributed by atoms with E-state index in [1.54, 1.807) is 11.8 Å². The molecule has 62 valence electrons. The molecule has 2 heterocycles. The maximum atomic E-state index is 8.74. The molecule has 2 aliphatic rings. The van der Waals surface area contributed by atoms with Crippen LogP contribution in [0.15, 0.2) is 22.8 Å². The lowest BCUT2D eigenvalue weighted by Gasteiger charge is -2.25. The van der Waals surface area contributed by atoms with Gasteiger partial charge in [-0.3, -0.25) is 0 Å². The molecule has 0 aliphatic carbocycles. The van der Waals surface area contributed by atoms with Crippen LogP contribution in [0.2, 0.25) is 0 Å². The van der Waals surface area contributed by atoms with Crippen LogP contribution >= 0.6 is 11.8 Å². The molecule has 0 amide bonds. The predicted molar refractivity (Wildman–Crippen MR) is 50.3 cm³/mol. The van der Waals surface area contributed by atoms with Gasteiger partial charge < -0.3 is 5.32 Å². The molecule has 3 heteroatoms. The summed E-state index contributed by atoms with van der Waals surface area (Å²) in [7, 11) is 0. The number of rotatable bonds is 0. The highest BCUT2D eigenvalue weighted by Crippen LogP contribution is 2.27. The highest BCUT2D eigenvalue weighted by Gasteiger charge is 2.19. The van der Waals surface area contributed by atoms with Crippen molar-refractivity contribution in [1.29, 1.82) is 5.26 Å². The molecule has 12 heavy (non-hydrogen) atoms. The number of allylic oxidation sites excluding steroid dienone is 1. The van der Waals surface area contributed by atoms with Crippen molar-refractivity contribution in [2.75, 3.05) is 12.3 Å². The summed E-state index contributed by atoms with van der Waals surface area (Å²) >= 11 is 1.81. The van der Waals surface area contributed by atoms with Gasteiger partial charge in [0, 0.05) is 18.0 Å². The van der Waals surface area contributed by atoms with Crippen LogP contribution < -0.4 is 5.32 Å². The maximum Gasteiger partial charge on any atom is 0.0677 e. The van der Waals surface area contributed by atoms with Crippen LogP contribution in [0.25, 0.3) is 0 Å². The molecule has 0 aromatic heterocycles. The summed E-state index contributed by atoms with van der Waals surface area (Å²) in [6.07, 6.45) is 3.06. The van der Waals surface area contributed by atoms with Crippen LogP contribution in [0, 0.1) is 17.2 Å². The van der Waals surface area contributed by atoms with E-state index < -0.39 is 0 Å². The Labute approximate surface area is 76.3 Å². The Morgan fingerprint density at radius 3 is 3.42 bits per heavy atom. The quantitative estimate of drug-likeness (QED) is 0.612. The first-order valence-corrected chi connectivity index (χ1v) is 5.08. The third kappa shape index (κ3) is 1.35. The van der Waals surface area contributed by atoms with Crippen LogP contribution in [-0.4, -0.2) is 12.3 Å². The van der Waals surface area contributed by atoms with Gasteiger partial charge in [-0.15, -0.1) is 11.8 Å². The zero-order valence-corrected chi connectivity index (χ0v) is 7.53. The predicted octanol–water partition coefficient (Wildman–Crippen LogP) is 1.63. The Morgan fingerprint density at radius 1 is 1.67 bits per heavy atom. The van der Waals surface area contributed by atoms with E-state index in [0.29, 0.717) is 0 Å². The van der Waals surface area contributed by atoms with E-state index in [0.717, 1.165) is 18.7 Å². The molecular weight excluding hydrogens is 168 g/mol. The fraction of sp³-hybridized carbons (Fsp3) is 0.444. The molecule has 0 fully saturated rings. The summed E-state index contributed by atoms with van der Waals surface area (Å²) in [5, 5.41) is 14.1. The Balaban J connectivity index is 2.18. The average molecular weight is 178 g/mol. The van der Waals surface area contributed by atoms with E-state index in [4.69, 9.17) is 5.26 Å². The molecule has 0 saturated heterocycles. The van der Waals surface area contributed by atoms with Crippen molar-refractivity contribution in [1.82, 2.24) is 5.32 Å². The summed E-state index contributed by atoms with van der Waals surface area (Å²) in [5.41, 5.74) is 2.65. The lowest BCUT2D eigenvalue weighted by Crippen LogP contribution is -2.29.